The zero-order valence-electron chi connectivity index (χ0n) is 20.8. The number of nitrogens with zero attached hydrogens (tertiary/aromatic N) is 2. The lowest BCUT2D eigenvalue weighted by Crippen LogP contribution is -2.25. The molecule has 0 spiro atoms. The minimum absolute atomic E-state index is 0.247. The maximum Gasteiger partial charge on any atom is 0.255 e. The Kier molecular flexibility index (Phi) is 7.95. The summed E-state index contributed by atoms with van der Waals surface area (Å²) in [6, 6.07) is 29.0. The fourth-order valence-electron chi connectivity index (χ4n) is 4.01. The van der Waals surface area contributed by atoms with E-state index in [1.54, 1.807) is 48.5 Å². The van der Waals surface area contributed by atoms with Gasteiger partial charge in [0.1, 0.15) is 12.4 Å². The van der Waals surface area contributed by atoms with Crippen LogP contribution in [0.15, 0.2) is 107 Å². The summed E-state index contributed by atoms with van der Waals surface area (Å²) in [5.41, 5.74) is 3.23. The van der Waals surface area contributed by atoms with Gasteiger partial charge in [-0.05, 0) is 66.2 Å². The number of ether oxygens (including phenoxy) is 2. The van der Waals surface area contributed by atoms with E-state index in [2.05, 4.69) is 26.3 Å². The second-order valence-corrected chi connectivity index (χ2v) is 10.1. The molecule has 1 aliphatic heterocycles. The summed E-state index contributed by atoms with van der Waals surface area (Å²) in [6.45, 7) is 1.77. The highest BCUT2D eigenvalue weighted by atomic mass is 79.9. The third-order valence-corrected chi connectivity index (χ3v) is 6.68. The van der Waals surface area contributed by atoms with Crippen molar-refractivity contribution in [2.75, 3.05) is 5.32 Å². The molecule has 0 saturated carbocycles. The maximum atomic E-state index is 12.7. The van der Waals surface area contributed by atoms with Gasteiger partial charge in [0.25, 0.3) is 5.91 Å². The molecule has 4 aromatic rings. The zero-order chi connectivity index (χ0) is 27.4. The molecule has 9 heteroatoms. The molecule has 0 radical (unpaired) electrons. The number of nitrogens with one attached hydrogen (secondary N) is 1. The van der Waals surface area contributed by atoms with E-state index in [0.29, 0.717) is 39.8 Å². The van der Waals surface area contributed by atoms with Crippen LogP contribution >= 0.6 is 27.5 Å². The van der Waals surface area contributed by atoms with Crippen LogP contribution in [-0.2, 0) is 16.1 Å². The zero-order valence-corrected chi connectivity index (χ0v) is 23.1. The first-order valence-corrected chi connectivity index (χ1v) is 13.2. The van der Waals surface area contributed by atoms with E-state index in [4.69, 9.17) is 21.1 Å². The maximum absolute atomic E-state index is 12.7. The molecular weight excluding hydrogens is 582 g/mol. The van der Waals surface area contributed by atoms with Crippen LogP contribution in [0.4, 0.5) is 5.69 Å². The van der Waals surface area contributed by atoms with Crippen LogP contribution < -0.4 is 10.1 Å². The number of hydrogen-bond acceptors (Lipinski definition) is 5. The molecule has 0 aliphatic carbocycles. The quantitative estimate of drug-likeness (QED) is 0.243. The number of amides is 2. The summed E-state index contributed by atoms with van der Waals surface area (Å²) >= 11 is 9.46. The Morgan fingerprint density at radius 2 is 1.77 bits per heavy atom. The number of hydrazone groups is 1. The smallest absolute Gasteiger partial charge is 0.255 e. The van der Waals surface area contributed by atoms with E-state index in [1.807, 2.05) is 48.5 Å². The minimum atomic E-state index is -0.816. The number of rotatable bonds is 7. The van der Waals surface area contributed by atoms with E-state index < -0.39 is 6.23 Å². The fraction of sp³-hybridized carbons (Fsp3) is 0.100. The van der Waals surface area contributed by atoms with Crippen molar-refractivity contribution in [3.63, 3.8) is 0 Å². The molecule has 39 heavy (non-hydrogen) atoms. The molecule has 0 fully saturated rings. The highest BCUT2D eigenvalue weighted by Crippen LogP contribution is 2.36. The van der Waals surface area contributed by atoms with Crippen molar-refractivity contribution in [2.45, 2.75) is 19.8 Å². The number of para-hydroxylation sites is 1. The van der Waals surface area contributed by atoms with Crippen molar-refractivity contribution in [3.05, 3.63) is 129 Å². The van der Waals surface area contributed by atoms with Gasteiger partial charge in [-0.2, -0.15) is 5.01 Å². The van der Waals surface area contributed by atoms with Crippen molar-refractivity contribution in [1.82, 2.24) is 5.01 Å². The van der Waals surface area contributed by atoms with Gasteiger partial charge in [-0.1, -0.05) is 63.9 Å². The van der Waals surface area contributed by atoms with Gasteiger partial charge in [0.2, 0.25) is 18.0 Å². The lowest BCUT2D eigenvalue weighted by atomic mass is 10.1. The largest absolute Gasteiger partial charge is 0.488 e. The average Bonchev–Trinajstić information content (AvgIpc) is 3.39. The molecule has 196 valence electrons. The number of halogens is 2. The van der Waals surface area contributed by atoms with Gasteiger partial charge in [0, 0.05) is 33.2 Å². The molecule has 1 heterocycles. The Morgan fingerprint density at radius 1 is 1.00 bits per heavy atom. The van der Waals surface area contributed by atoms with Crippen LogP contribution in [0, 0.1) is 0 Å². The molecule has 1 aliphatic rings. The molecule has 0 saturated heterocycles. The first-order chi connectivity index (χ1) is 18.9. The predicted octanol–water partition coefficient (Wildman–Crippen LogP) is 7.17. The third-order valence-electron chi connectivity index (χ3n) is 5.91. The third kappa shape index (κ3) is 6.30. The van der Waals surface area contributed by atoms with Crippen LogP contribution in [0.25, 0.3) is 0 Å². The van der Waals surface area contributed by atoms with Crippen molar-refractivity contribution < 1.29 is 19.1 Å². The molecule has 4 aromatic carbocycles. The lowest BCUT2D eigenvalue weighted by molar-refractivity contribution is -0.135. The van der Waals surface area contributed by atoms with E-state index in [9.17, 15) is 9.59 Å². The normalized spacial score (nSPS) is 14.4. The van der Waals surface area contributed by atoms with E-state index >= 15 is 0 Å². The van der Waals surface area contributed by atoms with Gasteiger partial charge in [0.15, 0.2) is 0 Å². The van der Waals surface area contributed by atoms with E-state index in [0.717, 1.165) is 10.0 Å². The second kappa shape index (κ2) is 11.7. The highest BCUT2D eigenvalue weighted by molar-refractivity contribution is 9.10. The van der Waals surface area contributed by atoms with Crippen molar-refractivity contribution >= 4 is 50.9 Å². The molecule has 0 unspecified atom stereocenters. The summed E-state index contributed by atoms with van der Waals surface area (Å²) in [6.07, 6.45) is -0.816. The standard InChI is InChI=1S/C30H23BrClN3O4/c1-19(36)35-30(26-10-2-3-11-27(26)38-18-20-12-14-23(31)15-13-20)39-29(34-35)22-7-5-9-25(17-22)33-28(37)21-6-4-8-24(32)16-21/h2-17,30H,18H2,1H3,(H,33,37)/t30-/m1/s1. The van der Waals surface area contributed by atoms with Crippen LogP contribution in [-0.4, -0.2) is 22.7 Å². The highest BCUT2D eigenvalue weighted by Gasteiger charge is 2.35. The number of anilines is 1. The SMILES string of the molecule is CC(=O)N1N=C(c2cccc(NC(=O)c3cccc(Cl)c3)c2)O[C@@H]1c1ccccc1OCc1ccc(Br)cc1. The van der Waals surface area contributed by atoms with Crippen LogP contribution in [0.1, 0.15) is 40.2 Å². The topological polar surface area (TPSA) is 80.2 Å². The predicted molar refractivity (Wildman–Crippen MR) is 154 cm³/mol. The summed E-state index contributed by atoms with van der Waals surface area (Å²) in [7, 11) is 0. The Morgan fingerprint density at radius 3 is 2.54 bits per heavy atom. The first kappa shape index (κ1) is 26.5. The van der Waals surface area contributed by atoms with Gasteiger partial charge >= 0.3 is 0 Å². The molecule has 1 N–H and O–H groups in total. The second-order valence-electron chi connectivity index (χ2n) is 8.74. The van der Waals surface area contributed by atoms with Gasteiger partial charge in [0.05, 0.1) is 5.56 Å². The number of carbonyl (C=O) groups is 2. The number of benzene rings is 4. The van der Waals surface area contributed by atoms with Crippen LogP contribution in [0.3, 0.4) is 0 Å². The number of hydrogen-bond donors (Lipinski definition) is 1. The van der Waals surface area contributed by atoms with E-state index in [1.165, 1.54) is 11.9 Å². The van der Waals surface area contributed by atoms with E-state index in [-0.39, 0.29) is 17.7 Å². The minimum Gasteiger partial charge on any atom is -0.488 e. The lowest BCUT2D eigenvalue weighted by Gasteiger charge is -2.22. The Bertz CT molecular complexity index is 1560. The van der Waals surface area contributed by atoms with Crippen LogP contribution in [0.5, 0.6) is 5.75 Å². The van der Waals surface area contributed by atoms with Gasteiger partial charge in [-0.15, -0.1) is 5.10 Å². The summed E-state index contributed by atoms with van der Waals surface area (Å²) in [5.74, 6) is 0.236. The summed E-state index contributed by atoms with van der Waals surface area (Å²) in [4.78, 5) is 25.2. The Balaban J connectivity index is 1.36. The van der Waals surface area contributed by atoms with Gasteiger partial charge in [-0.25, -0.2) is 0 Å². The van der Waals surface area contributed by atoms with Gasteiger partial charge < -0.3 is 14.8 Å². The average molecular weight is 605 g/mol. The van der Waals surface area contributed by atoms with Crippen molar-refractivity contribution in [2.24, 2.45) is 5.10 Å². The molecule has 0 bridgehead atoms. The van der Waals surface area contributed by atoms with Crippen molar-refractivity contribution in [1.29, 1.82) is 0 Å². The Hall–Kier alpha value is -4.14. The van der Waals surface area contributed by atoms with Crippen LogP contribution in [0.2, 0.25) is 5.02 Å². The summed E-state index contributed by atoms with van der Waals surface area (Å²) in [5, 5.41) is 9.08. The van der Waals surface area contributed by atoms with Crippen molar-refractivity contribution in [3.8, 4) is 5.75 Å². The monoisotopic (exact) mass is 603 g/mol. The van der Waals surface area contributed by atoms with Gasteiger partial charge in [-0.3, -0.25) is 9.59 Å². The number of carbonyl (C=O) groups excluding carboxylic acids is 2. The molecular formula is C30H23BrClN3O4. The summed E-state index contributed by atoms with van der Waals surface area (Å²) < 4.78 is 13.3. The first-order valence-electron chi connectivity index (χ1n) is 12.1. The fourth-order valence-corrected chi connectivity index (χ4v) is 4.46. The molecule has 5 rings (SSSR count). The molecule has 7 nitrogen and oxygen atoms in total. The Labute approximate surface area is 239 Å². The molecule has 0 aromatic heterocycles. The molecule has 2 amide bonds. The molecule has 1 atom stereocenters.